The van der Waals surface area contributed by atoms with Crippen molar-refractivity contribution in [3.05, 3.63) is 86.3 Å². The van der Waals surface area contributed by atoms with Gasteiger partial charge in [-0.3, -0.25) is 10.9 Å². The van der Waals surface area contributed by atoms with Crippen LogP contribution in [0.4, 0.5) is 0 Å². The van der Waals surface area contributed by atoms with E-state index in [2.05, 4.69) is 117 Å². The predicted octanol–water partition coefficient (Wildman–Crippen LogP) is 7.36. The van der Waals surface area contributed by atoms with Gasteiger partial charge >= 0.3 is 0 Å². The lowest BCUT2D eigenvalue weighted by Crippen LogP contribution is -2.32. The second-order valence-corrected chi connectivity index (χ2v) is 11.3. The second kappa shape index (κ2) is 10.7. The second-order valence-electron chi connectivity index (χ2n) is 8.45. The summed E-state index contributed by atoms with van der Waals surface area (Å²) in [5.74, 6) is 7.27. The normalized spacial score (nSPS) is 13.7. The number of thiophene rings is 1. The molecular formula is C28H25IN4OS. The van der Waals surface area contributed by atoms with Gasteiger partial charge < -0.3 is 4.74 Å². The zero-order valence-corrected chi connectivity index (χ0v) is 22.5. The number of hydrogen-bond donors (Lipinski definition) is 2. The number of aryl methyl sites for hydroxylation is 1. The van der Waals surface area contributed by atoms with E-state index in [1.165, 1.54) is 29.7 Å². The zero-order valence-electron chi connectivity index (χ0n) is 19.5. The SMILES string of the molecule is CC#C[C@@H](CC1NN=NN1)c1ccc(OCc2ccc3sc(I)c(-c4ccccc4C)c3c2)cc1. The van der Waals surface area contributed by atoms with E-state index < -0.39 is 0 Å². The molecule has 0 saturated heterocycles. The van der Waals surface area contributed by atoms with E-state index in [0.717, 1.165) is 23.3 Å². The molecule has 176 valence electrons. The molecule has 0 aliphatic carbocycles. The molecule has 4 aromatic rings. The highest BCUT2D eigenvalue weighted by Gasteiger charge is 2.19. The third-order valence-electron chi connectivity index (χ3n) is 6.08. The van der Waals surface area contributed by atoms with E-state index in [9.17, 15) is 0 Å². The maximum Gasteiger partial charge on any atom is 0.133 e. The van der Waals surface area contributed by atoms with Gasteiger partial charge in [0.1, 0.15) is 18.5 Å². The van der Waals surface area contributed by atoms with Crippen molar-refractivity contribution < 1.29 is 4.74 Å². The number of fused-ring (bicyclic) bond motifs is 1. The molecule has 0 spiro atoms. The van der Waals surface area contributed by atoms with Crippen molar-refractivity contribution >= 4 is 44.0 Å². The number of hydrogen-bond acceptors (Lipinski definition) is 6. The molecule has 5 nitrogen and oxygen atoms in total. The summed E-state index contributed by atoms with van der Waals surface area (Å²) < 4.78 is 8.77. The van der Waals surface area contributed by atoms with Gasteiger partial charge in [-0.25, -0.2) is 0 Å². The van der Waals surface area contributed by atoms with Crippen LogP contribution in [0.2, 0.25) is 0 Å². The monoisotopic (exact) mass is 592 g/mol. The molecule has 3 aromatic carbocycles. The summed E-state index contributed by atoms with van der Waals surface area (Å²) >= 11 is 4.30. The average molecular weight is 593 g/mol. The Balaban J connectivity index is 1.31. The highest BCUT2D eigenvalue weighted by molar-refractivity contribution is 14.1. The van der Waals surface area contributed by atoms with Gasteiger partial charge in [0.15, 0.2) is 0 Å². The number of benzene rings is 3. The first-order valence-corrected chi connectivity index (χ1v) is 13.3. The van der Waals surface area contributed by atoms with Crippen LogP contribution in [-0.2, 0) is 6.61 Å². The smallest absolute Gasteiger partial charge is 0.133 e. The van der Waals surface area contributed by atoms with Gasteiger partial charge in [0.05, 0.1) is 2.88 Å². The Morgan fingerprint density at radius 3 is 2.57 bits per heavy atom. The van der Waals surface area contributed by atoms with E-state index in [1.54, 1.807) is 0 Å². The van der Waals surface area contributed by atoms with Crippen molar-refractivity contribution in [3.8, 4) is 28.7 Å². The van der Waals surface area contributed by atoms with E-state index in [1.807, 2.05) is 30.4 Å². The molecule has 0 amide bonds. The number of ether oxygens (including phenoxy) is 1. The molecule has 0 radical (unpaired) electrons. The minimum absolute atomic E-state index is 0.00331. The topological polar surface area (TPSA) is 58.0 Å². The van der Waals surface area contributed by atoms with E-state index in [4.69, 9.17) is 4.74 Å². The minimum atomic E-state index is -0.00331. The fraction of sp³-hybridized carbons (Fsp3) is 0.214. The zero-order chi connectivity index (χ0) is 24.2. The fourth-order valence-electron chi connectivity index (χ4n) is 4.29. The largest absolute Gasteiger partial charge is 0.489 e. The average Bonchev–Trinajstić information content (AvgIpc) is 3.50. The van der Waals surface area contributed by atoms with E-state index in [0.29, 0.717) is 6.61 Å². The molecule has 1 aliphatic heterocycles. The van der Waals surface area contributed by atoms with Gasteiger partial charge in [0, 0.05) is 28.0 Å². The summed E-state index contributed by atoms with van der Waals surface area (Å²) in [4.78, 5) is 0. The minimum Gasteiger partial charge on any atom is -0.489 e. The highest BCUT2D eigenvalue weighted by Crippen LogP contribution is 2.41. The van der Waals surface area contributed by atoms with Crippen molar-refractivity contribution in [2.75, 3.05) is 0 Å². The van der Waals surface area contributed by atoms with E-state index >= 15 is 0 Å². The first kappa shape index (κ1) is 23.6. The lowest BCUT2D eigenvalue weighted by Gasteiger charge is -2.16. The summed E-state index contributed by atoms with van der Waals surface area (Å²) in [5.41, 5.74) is 12.1. The van der Waals surface area contributed by atoms with Crippen LogP contribution in [0, 0.1) is 21.6 Å². The molecule has 2 N–H and O–H groups in total. The molecule has 1 aliphatic rings. The number of nitrogens with zero attached hydrogens (tertiary/aromatic N) is 2. The molecule has 2 heterocycles. The molecule has 0 bridgehead atoms. The summed E-state index contributed by atoms with van der Waals surface area (Å²) in [7, 11) is 0. The van der Waals surface area contributed by atoms with Crippen LogP contribution < -0.4 is 15.6 Å². The summed E-state index contributed by atoms with van der Waals surface area (Å²) in [5, 5.41) is 8.85. The Kier molecular flexibility index (Phi) is 7.21. The lowest BCUT2D eigenvalue weighted by molar-refractivity contribution is 0.306. The maximum atomic E-state index is 6.16. The van der Waals surface area contributed by atoms with Crippen LogP contribution in [0.25, 0.3) is 21.2 Å². The highest BCUT2D eigenvalue weighted by atomic mass is 127. The van der Waals surface area contributed by atoms with Gasteiger partial charge in [-0.1, -0.05) is 58.8 Å². The molecule has 0 unspecified atom stereocenters. The quantitative estimate of drug-likeness (QED) is 0.174. The van der Waals surface area contributed by atoms with Gasteiger partial charge in [-0.2, -0.15) is 0 Å². The van der Waals surface area contributed by atoms with Gasteiger partial charge in [-0.05, 0) is 83.0 Å². The summed E-state index contributed by atoms with van der Waals surface area (Å²) in [6.07, 6.45) is 0.771. The number of halogens is 1. The molecular weight excluding hydrogens is 567 g/mol. The van der Waals surface area contributed by atoms with Crippen molar-refractivity contribution in [3.63, 3.8) is 0 Å². The summed E-state index contributed by atoms with van der Waals surface area (Å²) in [6.45, 7) is 4.56. The van der Waals surface area contributed by atoms with Crippen LogP contribution in [-0.4, -0.2) is 6.17 Å². The van der Waals surface area contributed by atoms with Crippen molar-refractivity contribution in [1.29, 1.82) is 0 Å². The van der Waals surface area contributed by atoms with E-state index in [-0.39, 0.29) is 12.1 Å². The number of nitrogens with one attached hydrogen (secondary N) is 2. The molecule has 1 aromatic heterocycles. The van der Waals surface area contributed by atoms with Crippen molar-refractivity contribution in [1.82, 2.24) is 10.9 Å². The lowest BCUT2D eigenvalue weighted by atomic mass is 9.95. The van der Waals surface area contributed by atoms with Crippen molar-refractivity contribution in [2.45, 2.75) is 39.0 Å². The Hall–Kier alpha value is -3.09. The molecule has 1 atom stereocenters. The van der Waals surface area contributed by atoms with Crippen LogP contribution >= 0.6 is 33.9 Å². The molecule has 5 rings (SSSR count). The standard InChI is InChI=1S/C28H25IN4OS/c1-3-6-21(16-26-30-32-33-31-26)20-10-12-22(13-11-20)34-17-19-9-14-25-24(15-19)27(28(29)35-25)23-8-5-4-7-18(23)2/h4-5,7-15,21,26H,16-17H2,1-2H3,(H,30,33)(H,31,32)/t21-/m0/s1. The van der Waals surface area contributed by atoms with Gasteiger partial charge in [-0.15, -0.1) is 17.3 Å². The van der Waals surface area contributed by atoms with Gasteiger partial charge in [0.2, 0.25) is 0 Å². The third kappa shape index (κ3) is 5.29. The molecule has 7 heteroatoms. The first-order chi connectivity index (χ1) is 17.1. The van der Waals surface area contributed by atoms with Crippen LogP contribution in [0.1, 0.15) is 36.0 Å². The van der Waals surface area contributed by atoms with Crippen LogP contribution in [0.5, 0.6) is 5.75 Å². The Morgan fingerprint density at radius 1 is 1.06 bits per heavy atom. The molecule has 0 saturated carbocycles. The Morgan fingerprint density at radius 2 is 1.83 bits per heavy atom. The predicted molar refractivity (Wildman–Crippen MR) is 151 cm³/mol. The first-order valence-electron chi connectivity index (χ1n) is 11.4. The summed E-state index contributed by atoms with van der Waals surface area (Å²) in [6, 6.07) is 23.5. The maximum absolute atomic E-state index is 6.16. The molecule has 35 heavy (non-hydrogen) atoms. The third-order valence-corrected chi connectivity index (χ3v) is 8.24. The van der Waals surface area contributed by atoms with Crippen LogP contribution in [0.3, 0.4) is 0 Å². The fourth-order valence-corrected chi connectivity index (χ4v) is 6.51. The number of rotatable bonds is 7. The Bertz CT molecular complexity index is 1430. The van der Waals surface area contributed by atoms with Crippen molar-refractivity contribution in [2.24, 2.45) is 10.4 Å². The molecule has 0 fully saturated rings. The van der Waals surface area contributed by atoms with Crippen LogP contribution in [0.15, 0.2) is 77.2 Å². The van der Waals surface area contributed by atoms with Gasteiger partial charge in [0.25, 0.3) is 0 Å². The Labute approximate surface area is 223 Å².